The smallest absolute Gasteiger partial charge is 0.270 e. The zero-order valence-corrected chi connectivity index (χ0v) is 18.3. The molecule has 2 N–H and O–H groups in total. The number of halogens is 2. The topological polar surface area (TPSA) is 85.1 Å². The molecule has 0 bridgehead atoms. The number of rotatable bonds is 10. The number of fused-ring (bicyclic) bond motifs is 1. The number of carbonyl (C=O) groups excluding carboxylic acids is 1. The van der Waals surface area contributed by atoms with Crippen molar-refractivity contribution in [2.24, 2.45) is 0 Å². The molecular formula is C24H25F2N3O4. The van der Waals surface area contributed by atoms with Gasteiger partial charge in [0.25, 0.3) is 5.91 Å². The van der Waals surface area contributed by atoms with Crippen LogP contribution in [0.25, 0.3) is 5.65 Å². The minimum absolute atomic E-state index is 0.0120. The van der Waals surface area contributed by atoms with Crippen LogP contribution in [0, 0.1) is 6.92 Å². The van der Waals surface area contributed by atoms with Crippen LogP contribution in [-0.2, 0) is 0 Å². The number of carbonyl (C=O) groups is 1. The van der Waals surface area contributed by atoms with Crippen LogP contribution in [0.3, 0.4) is 0 Å². The molecule has 2 heterocycles. The Bertz CT molecular complexity index is 1170. The number of nitrogens with zero attached hydrogens (tertiary/aromatic N) is 2. The molecule has 9 heteroatoms. The fraction of sp³-hybridized carbons (Fsp3) is 0.250. The van der Waals surface area contributed by atoms with Crippen LogP contribution in [0.2, 0.25) is 0 Å². The van der Waals surface area contributed by atoms with E-state index in [1.165, 1.54) is 4.40 Å². The summed E-state index contributed by atoms with van der Waals surface area (Å²) in [6, 6.07) is 12.2. The standard InChI is InChI=1S/C24H25F2N3O4/c1-15(25)20(16(2)26)14-33-21-10-7-11-29-22(17(3)28-23(21)29)24(31)27-12-18(30)13-32-19-8-5-4-6-9-19/h4-11,18,30H,1,12-14H2,2-3H3,(H,27,31)/b20-16+. The van der Waals surface area contributed by atoms with Gasteiger partial charge in [-0.05, 0) is 38.1 Å². The summed E-state index contributed by atoms with van der Waals surface area (Å²) >= 11 is 0. The van der Waals surface area contributed by atoms with Crippen LogP contribution in [0.1, 0.15) is 23.1 Å². The van der Waals surface area contributed by atoms with Crippen LogP contribution in [-0.4, -0.2) is 46.3 Å². The predicted octanol–water partition coefficient (Wildman–Crippen LogP) is 3.92. The number of aromatic nitrogens is 2. The summed E-state index contributed by atoms with van der Waals surface area (Å²) < 4.78 is 39.5. The predicted molar refractivity (Wildman–Crippen MR) is 120 cm³/mol. The molecular weight excluding hydrogens is 432 g/mol. The van der Waals surface area contributed by atoms with Crippen molar-refractivity contribution in [1.29, 1.82) is 0 Å². The molecule has 0 aliphatic heterocycles. The molecule has 3 rings (SSSR count). The fourth-order valence-electron chi connectivity index (χ4n) is 3.12. The van der Waals surface area contributed by atoms with Crippen molar-refractivity contribution in [3.05, 3.63) is 83.9 Å². The third kappa shape index (κ3) is 5.95. The highest BCUT2D eigenvalue weighted by Gasteiger charge is 2.20. The molecule has 7 nitrogen and oxygen atoms in total. The molecule has 2 aromatic heterocycles. The molecule has 1 atom stereocenters. The highest BCUT2D eigenvalue weighted by molar-refractivity contribution is 5.95. The number of amides is 1. The summed E-state index contributed by atoms with van der Waals surface area (Å²) in [7, 11) is 0. The minimum atomic E-state index is -0.921. The van der Waals surface area contributed by atoms with Crippen LogP contribution in [0.15, 0.2) is 72.5 Å². The second kappa shape index (κ2) is 10.7. The van der Waals surface area contributed by atoms with Gasteiger partial charge >= 0.3 is 0 Å². The zero-order chi connectivity index (χ0) is 24.0. The number of hydrogen-bond donors (Lipinski definition) is 2. The molecule has 1 amide bonds. The van der Waals surface area contributed by atoms with E-state index >= 15 is 0 Å². The first-order valence-electron chi connectivity index (χ1n) is 10.2. The second-order valence-corrected chi connectivity index (χ2v) is 7.31. The highest BCUT2D eigenvalue weighted by atomic mass is 19.1. The van der Waals surface area contributed by atoms with E-state index in [4.69, 9.17) is 9.47 Å². The SMILES string of the molecule is C=C(F)/C(COc1cccn2c(C(=O)NCC(O)COc3ccccc3)c(C)nc12)=C(\C)F. The number of aryl methyl sites for hydroxylation is 1. The lowest BCUT2D eigenvalue weighted by Gasteiger charge is -2.13. The van der Waals surface area contributed by atoms with E-state index in [1.54, 1.807) is 37.4 Å². The van der Waals surface area contributed by atoms with E-state index in [0.717, 1.165) is 6.92 Å². The average Bonchev–Trinajstić information content (AvgIpc) is 3.13. The quantitative estimate of drug-likeness (QED) is 0.451. The summed E-state index contributed by atoms with van der Waals surface area (Å²) in [6.45, 7) is 5.49. The molecule has 0 fully saturated rings. The first-order chi connectivity index (χ1) is 15.8. The number of aliphatic hydroxyl groups excluding tert-OH is 1. The largest absolute Gasteiger partial charge is 0.491 e. The highest BCUT2D eigenvalue weighted by Crippen LogP contribution is 2.24. The van der Waals surface area contributed by atoms with Crippen molar-refractivity contribution in [1.82, 2.24) is 14.7 Å². The van der Waals surface area contributed by atoms with Gasteiger partial charge in [-0.3, -0.25) is 9.20 Å². The van der Waals surface area contributed by atoms with E-state index in [-0.39, 0.29) is 36.8 Å². The lowest BCUT2D eigenvalue weighted by atomic mass is 10.2. The van der Waals surface area contributed by atoms with E-state index in [0.29, 0.717) is 17.1 Å². The Hall–Kier alpha value is -3.72. The maximum atomic E-state index is 13.5. The van der Waals surface area contributed by atoms with Gasteiger partial charge in [-0.2, -0.15) is 0 Å². The van der Waals surface area contributed by atoms with Crippen molar-refractivity contribution in [3.8, 4) is 11.5 Å². The number of ether oxygens (including phenoxy) is 2. The molecule has 174 valence electrons. The third-order valence-electron chi connectivity index (χ3n) is 4.80. The number of nitrogens with one attached hydrogen (secondary N) is 1. The maximum absolute atomic E-state index is 13.5. The van der Waals surface area contributed by atoms with Crippen LogP contribution >= 0.6 is 0 Å². The number of pyridine rings is 1. The van der Waals surface area contributed by atoms with Gasteiger partial charge in [0.1, 0.15) is 42.4 Å². The Morgan fingerprint density at radius 1 is 1.21 bits per heavy atom. The molecule has 0 radical (unpaired) electrons. The minimum Gasteiger partial charge on any atom is -0.491 e. The molecule has 0 spiro atoms. The Balaban J connectivity index is 1.68. The summed E-state index contributed by atoms with van der Waals surface area (Å²) in [4.78, 5) is 17.2. The maximum Gasteiger partial charge on any atom is 0.270 e. The van der Waals surface area contributed by atoms with Gasteiger partial charge in [0, 0.05) is 12.7 Å². The molecule has 0 saturated carbocycles. The van der Waals surface area contributed by atoms with Gasteiger partial charge in [-0.15, -0.1) is 0 Å². The lowest BCUT2D eigenvalue weighted by Crippen LogP contribution is -2.36. The van der Waals surface area contributed by atoms with Crippen molar-refractivity contribution < 1.29 is 28.2 Å². The van der Waals surface area contributed by atoms with Gasteiger partial charge in [0.15, 0.2) is 11.4 Å². The van der Waals surface area contributed by atoms with E-state index in [9.17, 15) is 18.7 Å². The average molecular weight is 457 g/mol. The first kappa shape index (κ1) is 23.9. The Kier molecular flexibility index (Phi) is 7.78. The lowest BCUT2D eigenvalue weighted by molar-refractivity contribution is 0.0838. The van der Waals surface area contributed by atoms with Gasteiger partial charge in [-0.1, -0.05) is 24.8 Å². The number of hydrogen-bond acceptors (Lipinski definition) is 5. The number of aliphatic hydroxyl groups is 1. The molecule has 0 aliphatic rings. The van der Waals surface area contributed by atoms with Gasteiger partial charge in [0.05, 0.1) is 11.3 Å². The van der Waals surface area contributed by atoms with Crippen molar-refractivity contribution in [2.75, 3.05) is 19.8 Å². The van der Waals surface area contributed by atoms with Gasteiger partial charge in [-0.25, -0.2) is 13.8 Å². The normalized spacial score (nSPS) is 12.8. The number of benzene rings is 1. The summed E-state index contributed by atoms with van der Waals surface area (Å²) in [5, 5.41) is 12.8. The Morgan fingerprint density at radius 2 is 1.94 bits per heavy atom. The van der Waals surface area contributed by atoms with Crippen molar-refractivity contribution in [2.45, 2.75) is 20.0 Å². The van der Waals surface area contributed by atoms with E-state index in [1.807, 2.05) is 18.2 Å². The Labute approximate surface area is 190 Å². The zero-order valence-electron chi connectivity index (χ0n) is 18.3. The molecule has 33 heavy (non-hydrogen) atoms. The molecule has 1 unspecified atom stereocenters. The first-order valence-corrected chi connectivity index (χ1v) is 10.2. The molecule has 0 aliphatic carbocycles. The van der Waals surface area contributed by atoms with Crippen LogP contribution in [0.5, 0.6) is 11.5 Å². The fourth-order valence-corrected chi connectivity index (χ4v) is 3.12. The summed E-state index contributed by atoms with van der Waals surface area (Å²) in [5.41, 5.74) is 0.697. The second-order valence-electron chi connectivity index (χ2n) is 7.31. The van der Waals surface area contributed by atoms with Crippen LogP contribution < -0.4 is 14.8 Å². The van der Waals surface area contributed by atoms with Crippen molar-refractivity contribution >= 4 is 11.6 Å². The number of para-hydroxylation sites is 1. The van der Waals surface area contributed by atoms with E-state index in [2.05, 4.69) is 16.9 Å². The van der Waals surface area contributed by atoms with E-state index < -0.39 is 23.7 Å². The number of allylic oxidation sites excluding steroid dienone is 1. The Morgan fingerprint density at radius 3 is 2.61 bits per heavy atom. The summed E-state index contributed by atoms with van der Waals surface area (Å²) in [5.74, 6) is -1.24. The summed E-state index contributed by atoms with van der Waals surface area (Å²) in [6.07, 6.45) is 0.701. The van der Waals surface area contributed by atoms with Crippen LogP contribution in [0.4, 0.5) is 8.78 Å². The molecule has 0 saturated heterocycles. The molecule has 1 aromatic carbocycles. The monoisotopic (exact) mass is 457 g/mol. The van der Waals surface area contributed by atoms with Gasteiger partial charge < -0.3 is 19.9 Å². The third-order valence-corrected chi connectivity index (χ3v) is 4.80. The van der Waals surface area contributed by atoms with Crippen molar-refractivity contribution in [3.63, 3.8) is 0 Å². The molecule has 3 aromatic rings. The number of imidazole rings is 1. The van der Waals surface area contributed by atoms with Gasteiger partial charge in [0.2, 0.25) is 0 Å².